The molecule has 0 saturated carbocycles. The lowest BCUT2D eigenvalue weighted by Gasteiger charge is -2.07. The highest BCUT2D eigenvalue weighted by molar-refractivity contribution is 5.86. The zero-order valence-corrected chi connectivity index (χ0v) is 10.7. The quantitative estimate of drug-likeness (QED) is 0.913. The van der Waals surface area contributed by atoms with E-state index in [2.05, 4.69) is 6.92 Å². The third-order valence-electron chi connectivity index (χ3n) is 3.03. The number of benzene rings is 1. The number of carboxylic acid groups (broad SMARTS) is 1. The van der Waals surface area contributed by atoms with E-state index in [4.69, 9.17) is 5.11 Å². The smallest absolute Gasteiger partial charge is 0.341 e. The highest BCUT2D eigenvalue weighted by Gasteiger charge is 2.10. The van der Waals surface area contributed by atoms with Crippen molar-refractivity contribution in [3.8, 4) is 0 Å². The molecule has 19 heavy (non-hydrogen) atoms. The second-order valence-corrected chi connectivity index (χ2v) is 4.33. The predicted molar refractivity (Wildman–Crippen MR) is 72.6 cm³/mol. The van der Waals surface area contributed by atoms with Crippen LogP contribution >= 0.6 is 0 Å². The van der Waals surface area contributed by atoms with Crippen molar-refractivity contribution in [1.82, 2.24) is 4.57 Å². The van der Waals surface area contributed by atoms with Crippen LogP contribution in [-0.4, -0.2) is 15.6 Å². The molecule has 2 rings (SSSR count). The van der Waals surface area contributed by atoms with Gasteiger partial charge in [-0.15, -0.1) is 0 Å². The van der Waals surface area contributed by atoms with Gasteiger partial charge in [0.25, 0.3) is 5.56 Å². The zero-order valence-electron chi connectivity index (χ0n) is 10.7. The van der Waals surface area contributed by atoms with Gasteiger partial charge in [-0.3, -0.25) is 4.79 Å². The summed E-state index contributed by atoms with van der Waals surface area (Å²) in [5.74, 6) is -1.19. The van der Waals surface area contributed by atoms with Gasteiger partial charge in [0, 0.05) is 6.20 Å². The molecule has 0 atom stereocenters. The summed E-state index contributed by atoms with van der Waals surface area (Å²) >= 11 is 0. The summed E-state index contributed by atoms with van der Waals surface area (Å²) in [5.41, 5.74) is 1.53. The van der Waals surface area contributed by atoms with Crippen LogP contribution in [0.4, 0.5) is 0 Å². The monoisotopic (exact) mass is 257 g/mol. The van der Waals surface area contributed by atoms with Crippen LogP contribution in [0, 0.1) is 0 Å². The molecule has 0 bridgehead atoms. The molecule has 0 saturated heterocycles. The Morgan fingerprint density at radius 3 is 2.37 bits per heavy atom. The summed E-state index contributed by atoms with van der Waals surface area (Å²) in [6, 6.07) is 10.8. The molecule has 0 fully saturated rings. The van der Waals surface area contributed by atoms with E-state index in [1.807, 2.05) is 24.3 Å². The molecule has 1 N–H and O–H groups in total. The molecule has 1 heterocycles. The first-order chi connectivity index (χ1) is 9.11. The maximum atomic E-state index is 11.9. The van der Waals surface area contributed by atoms with Crippen molar-refractivity contribution in [2.24, 2.45) is 0 Å². The van der Waals surface area contributed by atoms with E-state index in [0.717, 1.165) is 12.0 Å². The maximum Gasteiger partial charge on any atom is 0.341 e. The largest absolute Gasteiger partial charge is 0.477 e. The number of aromatic nitrogens is 1. The van der Waals surface area contributed by atoms with Gasteiger partial charge in [0.1, 0.15) is 5.56 Å². The third kappa shape index (κ3) is 2.91. The minimum Gasteiger partial charge on any atom is -0.477 e. The Morgan fingerprint density at radius 2 is 1.79 bits per heavy atom. The molecular weight excluding hydrogens is 242 g/mol. The molecule has 98 valence electrons. The number of hydrogen-bond donors (Lipinski definition) is 1. The topological polar surface area (TPSA) is 59.3 Å². The SMILES string of the molecule is CCc1ccc(Cn2cccc(C(=O)O)c2=O)cc1. The summed E-state index contributed by atoms with van der Waals surface area (Å²) in [6.45, 7) is 2.46. The molecule has 0 unspecified atom stereocenters. The fraction of sp³-hybridized carbons (Fsp3) is 0.200. The third-order valence-corrected chi connectivity index (χ3v) is 3.03. The summed E-state index contributed by atoms with van der Waals surface area (Å²) < 4.78 is 1.41. The van der Waals surface area contributed by atoms with Crippen molar-refractivity contribution in [2.45, 2.75) is 19.9 Å². The number of carbonyl (C=O) groups is 1. The Balaban J connectivity index is 2.30. The molecule has 0 spiro atoms. The summed E-state index contributed by atoms with van der Waals surface area (Å²) in [5, 5.41) is 8.91. The Bertz CT molecular complexity index is 641. The minimum atomic E-state index is -1.19. The molecule has 0 aliphatic heterocycles. The Morgan fingerprint density at radius 1 is 1.16 bits per heavy atom. The molecular formula is C15H15NO3. The van der Waals surface area contributed by atoms with Crippen molar-refractivity contribution in [1.29, 1.82) is 0 Å². The fourth-order valence-electron chi connectivity index (χ4n) is 1.90. The number of carboxylic acids is 1. The van der Waals surface area contributed by atoms with Crippen LogP contribution in [0.5, 0.6) is 0 Å². The van der Waals surface area contributed by atoms with Crippen LogP contribution in [-0.2, 0) is 13.0 Å². The van der Waals surface area contributed by atoms with E-state index in [1.54, 1.807) is 12.3 Å². The van der Waals surface area contributed by atoms with Crippen LogP contribution in [0.3, 0.4) is 0 Å². The van der Waals surface area contributed by atoms with Crippen molar-refractivity contribution < 1.29 is 9.90 Å². The standard InChI is InChI=1S/C15H15NO3/c1-2-11-5-7-12(8-6-11)10-16-9-3-4-13(14(16)17)15(18)19/h3-9H,2,10H2,1H3,(H,18,19). The van der Waals surface area contributed by atoms with Gasteiger partial charge in [-0.2, -0.15) is 0 Å². The van der Waals surface area contributed by atoms with Crippen LogP contribution < -0.4 is 5.56 Å². The average molecular weight is 257 g/mol. The number of pyridine rings is 1. The Labute approximate surface area is 110 Å². The molecule has 1 aromatic heterocycles. The van der Waals surface area contributed by atoms with Crippen molar-refractivity contribution in [3.05, 3.63) is 69.6 Å². The fourth-order valence-corrected chi connectivity index (χ4v) is 1.90. The molecule has 0 aliphatic rings. The zero-order chi connectivity index (χ0) is 13.8. The minimum absolute atomic E-state index is 0.201. The van der Waals surface area contributed by atoms with E-state index < -0.39 is 11.5 Å². The molecule has 4 nitrogen and oxygen atoms in total. The van der Waals surface area contributed by atoms with Crippen molar-refractivity contribution >= 4 is 5.97 Å². The summed E-state index contributed by atoms with van der Waals surface area (Å²) in [6.07, 6.45) is 2.57. The predicted octanol–water partition coefficient (Wildman–Crippen LogP) is 2.16. The highest BCUT2D eigenvalue weighted by atomic mass is 16.4. The first-order valence-electron chi connectivity index (χ1n) is 6.12. The van der Waals surface area contributed by atoms with E-state index in [-0.39, 0.29) is 5.56 Å². The van der Waals surface area contributed by atoms with Gasteiger partial charge in [0.15, 0.2) is 0 Å². The van der Waals surface area contributed by atoms with Gasteiger partial charge in [-0.1, -0.05) is 31.2 Å². The summed E-state index contributed by atoms with van der Waals surface area (Å²) in [7, 11) is 0. The van der Waals surface area contributed by atoms with Crippen molar-refractivity contribution in [3.63, 3.8) is 0 Å². The Kier molecular flexibility index (Phi) is 3.80. The average Bonchev–Trinajstić information content (AvgIpc) is 2.41. The second-order valence-electron chi connectivity index (χ2n) is 4.33. The van der Waals surface area contributed by atoms with Crippen molar-refractivity contribution in [2.75, 3.05) is 0 Å². The molecule has 2 aromatic rings. The van der Waals surface area contributed by atoms with Gasteiger partial charge in [-0.05, 0) is 29.7 Å². The molecule has 0 radical (unpaired) electrons. The molecule has 1 aromatic carbocycles. The first kappa shape index (κ1) is 13.1. The second kappa shape index (κ2) is 5.52. The summed E-state index contributed by atoms with van der Waals surface area (Å²) in [4.78, 5) is 22.8. The van der Waals surface area contributed by atoms with Gasteiger partial charge >= 0.3 is 5.97 Å². The molecule has 4 heteroatoms. The number of aromatic carboxylic acids is 1. The van der Waals surface area contributed by atoms with E-state index in [9.17, 15) is 9.59 Å². The van der Waals surface area contributed by atoms with Crippen LogP contribution in [0.25, 0.3) is 0 Å². The van der Waals surface area contributed by atoms with Crippen LogP contribution in [0.2, 0.25) is 0 Å². The van der Waals surface area contributed by atoms with E-state index in [0.29, 0.717) is 6.54 Å². The van der Waals surface area contributed by atoms with E-state index in [1.165, 1.54) is 16.2 Å². The van der Waals surface area contributed by atoms with Gasteiger partial charge in [-0.25, -0.2) is 4.79 Å². The lowest BCUT2D eigenvalue weighted by molar-refractivity contribution is 0.0694. The number of aryl methyl sites for hydroxylation is 1. The van der Waals surface area contributed by atoms with Gasteiger partial charge < -0.3 is 9.67 Å². The van der Waals surface area contributed by atoms with Crippen LogP contribution in [0.15, 0.2) is 47.4 Å². The first-order valence-corrected chi connectivity index (χ1v) is 6.12. The van der Waals surface area contributed by atoms with Gasteiger partial charge in [0.2, 0.25) is 0 Å². The highest BCUT2D eigenvalue weighted by Crippen LogP contribution is 2.06. The normalized spacial score (nSPS) is 10.4. The number of nitrogens with zero attached hydrogens (tertiary/aromatic N) is 1. The number of hydrogen-bond acceptors (Lipinski definition) is 2. The maximum absolute atomic E-state index is 11.9. The lowest BCUT2D eigenvalue weighted by atomic mass is 10.1. The number of rotatable bonds is 4. The lowest BCUT2D eigenvalue weighted by Crippen LogP contribution is -2.25. The van der Waals surface area contributed by atoms with E-state index >= 15 is 0 Å². The van der Waals surface area contributed by atoms with Gasteiger partial charge in [0.05, 0.1) is 6.54 Å². The van der Waals surface area contributed by atoms with Crippen LogP contribution in [0.1, 0.15) is 28.4 Å². The molecule has 0 aliphatic carbocycles. The molecule has 0 amide bonds. The Hall–Kier alpha value is -2.36.